The van der Waals surface area contributed by atoms with Crippen molar-refractivity contribution in [2.75, 3.05) is 0 Å². The molecule has 0 bridgehead atoms. The summed E-state index contributed by atoms with van der Waals surface area (Å²) in [5.74, 6) is -1.56. The SMILES string of the molecule is Cl.Cl.O=C([O-])C1CCC2C1[S+]2C(=O)O. The fourth-order valence-corrected chi connectivity index (χ4v) is 4.52. The third kappa shape index (κ3) is 1.94. The molecular weight excluding hydrogens is 251 g/mol. The number of fused-ring (bicyclic) bond motifs is 1. The first-order valence-electron chi connectivity index (χ1n) is 3.78. The minimum atomic E-state index is -1.07. The van der Waals surface area contributed by atoms with Crippen LogP contribution < -0.4 is 5.11 Å². The van der Waals surface area contributed by atoms with Crippen LogP contribution in [0, 0.1) is 5.92 Å². The first kappa shape index (κ1) is 13.9. The van der Waals surface area contributed by atoms with Gasteiger partial charge in [0.2, 0.25) is 0 Å². The van der Waals surface area contributed by atoms with E-state index in [1.54, 1.807) is 0 Å². The third-order valence-electron chi connectivity index (χ3n) is 2.57. The van der Waals surface area contributed by atoms with Crippen LogP contribution in [0.3, 0.4) is 0 Å². The van der Waals surface area contributed by atoms with E-state index in [4.69, 9.17) is 5.11 Å². The van der Waals surface area contributed by atoms with E-state index in [-0.39, 0.29) is 35.3 Å². The van der Waals surface area contributed by atoms with Crippen LogP contribution in [0.4, 0.5) is 4.79 Å². The number of aliphatic carboxylic acids is 1. The smallest absolute Gasteiger partial charge is 0.523 e. The van der Waals surface area contributed by atoms with Crippen LogP contribution in [0.5, 0.6) is 0 Å². The molecular formula is C7H10Cl2O4S. The van der Waals surface area contributed by atoms with Crippen molar-refractivity contribution in [2.45, 2.75) is 23.3 Å². The first-order valence-corrected chi connectivity index (χ1v) is 5.13. The van der Waals surface area contributed by atoms with Gasteiger partial charge in [0.05, 0.1) is 5.92 Å². The molecule has 2 aliphatic rings. The van der Waals surface area contributed by atoms with E-state index >= 15 is 0 Å². The summed E-state index contributed by atoms with van der Waals surface area (Å²) in [5, 5.41) is 18.4. The molecule has 2 fully saturated rings. The molecule has 14 heavy (non-hydrogen) atoms. The minimum Gasteiger partial charge on any atom is -0.550 e. The van der Waals surface area contributed by atoms with E-state index in [9.17, 15) is 14.7 Å². The molecule has 0 spiro atoms. The maximum absolute atomic E-state index is 10.5. The Bertz CT molecular complexity index is 260. The molecule has 1 N–H and O–H groups in total. The Morgan fingerprint density at radius 1 is 1.29 bits per heavy atom. The van der Waals surface area contributed by atoms with E-state index in [2.05, 4.69) is 0 Å². The monoisotopic (exact) mass is 260 g/mol. The van der Waals surface area contributed by atoms with E-state index in [0.29, 0.717) is 6.42 Å². The molecule has 82 valence electrons. The Morgan fingerprint density at radius 2 is 1.86 bits per heavy atom. The fraction of sp³-hybridized carbons (Fsp3) is 0.714. The lowest BCUT2D eigenvalue weighted by Crippen LogP contribution is -2.34. The largest absolute Gasteiger partial charge is 0.550 e. The van der Waals surface area contributed by atoms with Crippen molar-refractivity contribution in [3.63, 3.8) is 0 Å². The summed E-state index contributed by atoms with van der Waals surface area (Å²) in [6.45, 7) is 0. The number of carboxylic acid groups (broad SMARTS) is 2. The summed E-state index contributed by atoms with van der Waals surface area (Å²) >= 11 is 0. The Morgan fingerprint density at radius 3 is 2.21 bits per heavy atom. The second kappa shape index (κ2) is 4.59. The molecule has 0 aromatic heterocycles. The lowest BCUT2D eigenvalue weighted by molar-refractivity contribution is -0.311. The van der Waals surface area contributed by atoms with Gasteiger partial charge in [-0.05, 0) is 6.42 Å². The van der Waals surface area contributed by atoms with Crippen LogP contribution in [0.15, 0.2) is 0 Å². The van der Waals surface area contributed by atoms with Gasteiger partial charge >= 0.3 is 5.30 Å². The first-order chi connectivity index (χ1) is 5.63. The molecule has 4 unspecified atom stereocenters. The molecule has 1 heterocycles. The topological polar surface area (TPSA) is 77.4 Å². The zero-order valence-corrected chi connectivity index (χ0v) is 9.49. The summed E-state index contributed by atoms with van der Waals surface area (Å²) in [5.41, 5.74) is 0. The van der Waals surface area contributed by atoms with E-state index in [1.807, 2.05) is 0 Å². The Balaban J connectivity index is 0.000000845. The van der Waals surface area contributed by atoms with Crippen LogP contribution in [-0.4, -0.2) is 26.9 Å². The lowest BCUT2D eigenvalue weighted by atomic mass is 10.1. The summed E-state index contributed by atoms with van der Waals surface area (Å²) in [6.07, 6.45) is 1.35. The van der Waals surface area contributed by atoms with Crippen molar-refractivity contribution in [3.05, 3.63) is 0 Å². The number of hydrogen-bond acceptors (Lipinski definition) is 3. The van der Waals surface area contributed by atoms with E-state index < -0.39 is 28.1 Å². The van der Waals surface area contributed by atoms with Crippen LogP contribution in [0.2, 0.25) is 0 Å². The zero-order chi connectivity index (χ0) is 8.88. The average molecular weight is 261 g/mol. The normalized spacial score (nSPS) is 37.4. The van der Waals surface area contributed by atoms with Crippen molar-refractivity contribution in [1.82, 2.24) is 0 Å². The molecule has 4 atom stereocenters. The number of carbonyl (C=O) groups excluding carboxylic acids is 1. The predicted molar refractivity (Wildman–Crippen MR) is 55.2 cm³/mol. The molecule has 4 nitrogen and oxygen atoms in total. The van der Waals surface area contributed by atoms with Gasteiger partial charge in [-0.2, -0.15) is 4.79 Å². The van der Waals surface area contributed by atoms with Gasteiger partial charge in [-0.25, -0.2) is 0 Å². The summed E-state index contributed by atoms with van der Waals surface area (Å²) in [4.78, 5) is 21.0. The summed E-state index contributed by atoms with van der Waals surface area (Å²) < 4.78 is 0. The Hall–Kier alpha value is -0.130. The van der Waals surface area contributed by atoms with Gasteiger partial charge in [0, 0.05) is 12.4 Å². The summed E-state index contributed by atoms with van der Waals surface area (Å²) in [7, 11) is -0.668. The molecule has 0 aromatic rings. The maximum atomic E-state index is 10.5. The maximum Gasteiger partial charge on any atom is 0.523 e. The molecule has 0 radical (unpaired) electrons. The van der Waals surface area contributed by atoms with Crippen LogP contribution in [0.25, 0.3) is 0 Å². The quantitative estimate of drug-likeness (QED) is 0.534. The van der Waals surface area contributed by atoms with Crippen molar-refractivity contribution in [2.24, 2.45) is 5.92 Å². The highest BCUT2D eigenvalue weighted by Crippen LogP contribution is 2.51. The number of rotatable bonds is 1. The predicted octanol–water partition coefficient (Wildman–Crippen LogP) is 0.0370. The van der Waals surface area contributed by atoms with Crippen molar-refractivity contribution < 1.29 is 19.8 Å². The number of hydrogen-bond donors (Lipinski definition) is 1. The average Bonchev–Trinajstić information content (AvgIpc) is 2.52. The molecule has 0 amide bonds. The van der Waals surface area contributed by atoms with Gasteiger partial charge in [0.15, 0.2) is 10.5 Å². The van der Waals surface area contributed by atoms with Gasteiger partial charge in [0.1, 0.15) is 10.9 Å². The van der Waals surface area contributed by atoms with Crippen LogP contribution >= 0.6 is 24.8 Å². The second-order valence-electron chi connectivity index (χ2n) is 3.14. The van der Waals surface area contributed by atoms with Gasteiger partial charge < -0.3 is 15.0 Å². The highest BCUT2D eigenvalue weighted by Gasteiger charge is 2.74. The molecule has 1 aliphatic carbocycles. The lowest BCUT2D eigenvalue weighted by Gasteiger charge is -2.08. The molecule has 1 saturated heterocycles. The number of carboxylic acids is 1. The number of carbonyl (C=O) groups is 2. The summed E-state index contributed by atoms with van der Waals surface area (Å²) in [6, 6.07) is 0. The highest BCUT2D eigenvalue weighted by molar-refractivity contribution is 8.17. The van der Waals surface area contributed by atoms with Crippen molar-refractivity contribution >= 4 is 47.0 Å². The Kier molecular flexibility index (Phi) is 4.55. The van der Waals surface area contributed by atoms with Gasteiger partial charge in [0.25, 0.3) is 0 Å². The van der Waals surface area contributed by atoms with E-state index in [1.165, 1.54) is 0 Å². The fourth-order valence-electron chi connectivity index (χ4n) is 2.00. The van der Waals surface area contributed by atoms with Crippen LogP contribution in [-0.2, 0) is 15.7 Å². The van der Waals surface area contributed by atoms with Gasteiger partial charge in [-0.1, -0.05) is 0 Å². The van der Waals surface area contributed by atoms with E-state index in [0.717, 1.165) is 6.42 Å². The second-order valence-corrected chi connectivity index (χ2v) is 5.39. The molecule has 2 rings (SSSR count). The highest BCUT2D eigenvalue weighted by atomic mass is 35.5. The number of halogens is 2. The standard InChI is InChI=1S/C7H8O4S.2ClH/c8-6(9)3-1-2-4-5(3)12(4)7(10)11;;/h3-5H,1-2H2,(H-,8,9,10,11);2*1H. The zero-order valence-electron chi connectivity index (χ0n) is 7.04. The van der Waals surface area contributed by atoms with Gasteiger partial charge in [-0.3, -0.25) is 0 Å². The van der Waals surface area contributed by atoms with Crippen LogP contribution in [0.1, 0.15) is 12.8 Å². The van der Waals surface area contributed by atoms with Gasteiger partial charge in [-0.15, -0.1) is 24.8 Å². The molecule has 1 aliphatic heterocycles. The Labute approximate surface area is 96.2 Å². The van der Waals surface area contributed by atoms with Crippen molar-refractivity contribution in [3.8, 4) is 0 Å². The van der Waals surface area contributed by atoms with Crippen molar-refractivity contribution in [1.29, 1.82) is 0 Å². The molecule has 0 aromatic carbocycles. The molecule has 1 saturated carbocycles. The molecule has 7 heteroatoms. The third-order valence-corrected chi connectivity index (χ3v) is 5.09. The minimum absolute atomic E-state index is 0.